The Kier molecular flexibility index (Phi) is 6.45. The summed E-state index contributed by atoms with van der Waals surface area (Å²) in [6.07, 6.45) is 5.59. The fraction of sp³-hybridized carbons (Fsp3) is 0.438. The Hall–Kier alpha value is -2.04. The lowest BCUT2D eigenvalue weighted by Crippen LogP contribution is -2.55. The molecule has 25 heavy (non-hydrogen) atoms. The number of piperazine rings is 1. The SMILES string of the molecule is CN=C(NCc1cccn1C)N1CCN(c2cnn(C)c2)C(=O)C1.I. The van der Waals surface area contributed by atoms with Crippen LogP contribution in [0.25, 0.3) is 0 Å². The van der Waals surface area contributed by atoms with Crippen molar-refractivity contribution in [1.29, 1.82) is 0 Å². The first kappa shape index (κ1) is 19.3. The summed E-state index contributed by atoms with van der Waals surface area (Å²) in [6.45, 7) is 2.33. The Bertz CT molecular complexity index is 751. The van der Waals surface area contributed by atoms with Crippen LogP contribution in [0.5, 0.6) is 0 Å². The van der Waals surface area contributed by atoms with Gasteiger partial charge in [0.15, 0.2) is 5.96 Å². The minimum absolute atomic E-state index is 0. The summed E-state index contributed by atoms with van der Waals surface area (Å²) in [6, 6.07) is 4.07. The smallest absolute Gasteiger partial charge is 0.246 e. The van der Waals surface area contributed by atoms with Crippen LogP contribution in [0.3, 0.4) is 0 Å². The van der Waals surface area contributed by atoms with E-state index >= 15 is 0 Å². The highest BCUT2D eigenvalue weighted by molar-refractivity contribution is 14.0. The van der Waals surface area contributed by atoms with E-state index in [4.69, 9.17) is 0 Å². The molecule has 0 saturated carbocycles. The van der Waals surface area contributed by atoms with E-state index in [1.165, 1.54) is 0 Å². The van der Waals surface area contributed by atoms with Crippen LogP contribution in [-0.4, -0.2) is 57.8 Å². The van der Waals surface area contributed by atoms with Gasteiger partial charge in [-0.3, -0.25) is 14.5 Å². The van der Waals surface area contributed by atoms with Crippen LogP contribution in [0.4, 0.5) is 5.69 Å². The number of carbonyl (C=O) groups excluding carboxylic acids is 1. The Balaban J connectivity index is 0.00000225. The van der Waals surface area contributed by atoms with E-state index in [0.29, 0.717) is 19.6 Å². The van der Waals surface area contributed by atoms with Crippen molar-refractivity contribution in [3.8, 4) is 0 Å². The molecule has 0 unspecified atom stereocenters. The van der Waals surface area contributed by atoms with E-state index in [-0.39, 0.29) is 29.9 Å². The highest BCUT2D eigenvalue weighted by atomic mass is 127. The van der Waals surface area contributed by atoms with Crippen molar-refractivity contribution < 1.29 is 4.79 Å². The summed E-state index contributed by atoms with van der Waals surface area (Å²) in [5, 5.41) is 7.46. The van der Waals surface area contributed by atoms with Gasteiger partial charge >= 0.3 is 0 Å². The Morgan fingerprint density at radius 2 is 2.16 bits per heavy atom. The van der Waals surface area contributed by atoms with Crippen LogP contribution in [0, 0.1) is 0 Å². The number of nitrogens with one attached hydrogen (secondary N) is 1. The van der Waals surface area contributed by atoms with Crippen LogP contribution in [0.2, 0.25) is 0 Å². The van der Waals surface area contributed by atoms with Gasteiger partial charge < -0.3 is 19.7 Å². The summed E-state index contributed by atoms with van der Waals surface area (Å²) in [4.78, 5) is 20.6. The standard InChI is InChI=1S/C16H23N7O.HI/c1-17-16(18-9-13-5-4-6-20(13)2)22-7-8-23(15(24)12-22)14-10-19-21(3)11-14;/h4-6,10-11H,7-9,12H2,1-3H3,(H,17,18);1H. The van der Waals surface area contributed by atoms with Crippen LogP contribution >= 0.6 is 24.0 Å². The maximum atomic E-state index is 12.5. The Morgan fingerprint density at radius 3 is 2.72 bits per heavy atom. The van der Waals surface area contributed by atoms with Gasteiger partial charge in [-0.25, -0.2) is 0 Å². The van der Waals surface area contributed by atoms with Crippen molar-refractivity contribution in [2.45, 2.75) is 6.54 Å². The predicted octanol–water partition coefficient (Wildman–Crippen LogP) is 0.801. The molecule has 8 nitrogen and oxygen atoms in total. The number of nitrogens with zero attached hydrogens (tertiary/aromatic N) is 6. The summed E-state index contributed by atoms with van der Waals surface area (Å²) in [5.41, 5.74) is 2.00. The molecule has 0 radical (unpaired) electrons. The summed E-state index contributed by atoms with van der Waals surface area (Å²) in [5.74, 6) is 0.798. The largest absolute Gasteiger partial charge is 0.353 e. The third kappa shape index (κ3) is 4.33. The first-order valence-electron chi connectivity index (χ1n) is 7.93. The van der Waals surface area contributed by atoms with E-state index in [2.05, 4.69) is 26.0 Å². The Labute approximate surface area is 164 Å². The van der Waals surface area contributed by atoms with Crippen molar-refractivity contribution >= 4 is 41.5 Å². The van der Waals surface area contributed by atoms with Gasteiger partial charge in [0.05, 0.1) is 18.4 Å². The van der Waals surface area contributed by atoms with Gasteiger partial charge in [-0.1, -0.05) is 0 Å². The second-order valence-electron chi connectivity index (χ2n) is 5.85. The maximum Gasteiger partial charge on any atom is 0.246 e. The van der Waals surface area contributed by atoms with E-state index < -0.39 is 0 Å². The zero-order valence-corrected chi connectivity index (χ0v) is 17.0. The number of amides is 1. The molecular formula is C16H24IN7O. The van der Waals surface area contributed by atoms with Crippen LogP contribution in [-0.2, 0) is 25.4 Å². The second kappa shape index (κ2) is 8.37. The lowest BCUT2D eigenvalue weighted by Gasteiger charge is -2.35. The third-order valence-corrected chi connectivity index (χ3v) is 4.21. The van der Waals surface area contributed by atoms with Crippen molar-refractivity contribution in [1.82, 2.24) is 24.6 Å². The molecule has 1 fully saturated rings. The maximum absolute atomic E-state index is 12.5. The molecule has 1 aliphatic rings. The molecule has 3 rings (SSSR count). The van der Waals surface area contributed by atoms with E-state index in [0.717, 1.165) is 23.9 Å². The van der Waals surface area contributed by atoms with Crippen molar-refractivity contribution in [3.05, 3.63) is 36.4 Å². The molecule has 2 aromatic rings. The van der Waals surface area contributed by atoms with Gasteiger partial charge in [-0.15, -0.1) is 24.0 Å². The molecular weight excluding hydrogens is 433 g/mol. The lowest BCUT2D eigenvalue weighted by atomic mass is 10.3. The number of aromatic nitrogens is 3. The first-order chi connectivity index (χ1) is 11.6. The predicted molar refractivity (Wildman–Crippen MR) is 108 cm³/mol. The van der Waals surface area contributed by atoms with E-state index in [1.807, 2.05) is 37.5 Å². The number of hydrogen-bond acceptors (Lipinski definition) is 3. The van der Waals surface area contributed by atoms with Crippen LogP contribution < -0.4 is 10.2 Å². The zero-order chi connectivity index (χ0) is 17.1. The molecule has 0 spiro atoms. The molecule has 1 aliphatic heterocycles. The molecule has 1 N–H and O–H groups in total. The number of hydrogen-bond donors (Lipinski definition) is 1. The van der Waals surface area contributed by atoms with Crippen molar-refractivity contribution in [2.75, 3.05) is 31.6 Å². The quantitative estimate of drug-likeness (QED) is 0.421. The highest BCUT2D eigenvalue weighted by Crippen LogP contribution is 2.16. The summed E-state index contributed by atoms with van der Waals surface area (Å²) in [7, 11) is 5.60. The number of rotatable bonds is 3. The van der Waals surface area contributed by atoms with Gasteiger partial charge in [0.25, 0.3) is 0 Å². The molecule has 136 valence electrons. The molecule has 0 atom stereocenters. The van der Waals surface area contributed by atoms with E-state index in [1.54, 1.807) is 22.8 Å². The number of anilines is 1. The van der Waals surface area contributed by atoms with Gasteiger partial charge in [-0.05, 0) is 12.1 Å². The number of aliphatic imine (C=N–C) groups is 1. The lowest BCUT2D eigenvalue weighted by molar-refractivity contribution is -0.120. The molecule has 1 saturated heterocycles. The third-order valence-electron chi connectivity index (χ3n) is 4.21. The average Bonchev–Trinajstić information content (AvgIpc) is 3.17. The average molecular weight is 457 g/mol. The summed E-state index contributed by atoms with van der Waals surface area (Å²) >= 11 is 0. The van der Waals surface area contributed by atoms with Gasteiger partial charge in [0.1, 0.15) is 6.54 Å². The topological polar surface area (TPSA) is 70.7 Å². The number of guanidine groups is 1. The minimum Gasteiger partial charge on any atom is -0.353 e. The van der Waals surface area contributed by atoms with Gasteiger partial charge in [0.2, 0.25) is 5.91 Å². The minimum atomic E-state index is 0. The fourth-order valence-electron chi connectivity index (χ4n) is 2.86. The van der Waals surface area contributed by atoms with Crippen molar-refractivity contribution in [2.24, 2.45) is 19.1 Å². The van der Waals surface area contributed by atoms with Crippen LogP contribution in [0.15, 0.2) is 35.7 Å². The number of carbonyl (C=O) groups is 1. The highest BCUT2D eigenvalue weighted by Gasteiger charge is 2.27. The fourth-order valence-corrected chi connectivity index (χ4v) is 2.86. The molecule has 3 heterocycles. The van der Waals surface area contributed by atoms with Gasteiger partial charge in [-0.2, -0.15) is 5.10 Å². The van der Waals surface area contributed by atoms with E-state index in [9.17, 15) is 4.79 Å². The van der Waals surface area contributed by atoms with Crippen molar-refractivity contribution in [3.63, 3.8) is 0 Å². The molecule has 9 heteroatoms. The molecule has 1 amide bonds. The monoisotopic (exact) mass is 457 g/mol. The normalized spacial score (nSPS) is 15.3. The summed E-state index contributed by atoms with van der Waals surface area (Å²) < 4.78 is 3.76. The second-order valence-corrected chi connectivity index (χ2v) is 5.85. The first-order valence-corrected chi connectivity index (χ1v) is 7.93. The molecule has 0 aromatic carbocycles. The number of aryl methyl sites for hydroxylation is 2. The molecule has 2 aromatic heterocycles. The number of halogens is 1. The Morgan fingerprint density at radius 1 is 1.36 bits per heavy atom. The van der Waals surface area contributed by atoms with Gasteiger partial charge in [0, 0.05) is 52.3 Å². The van der Waals surface area contributed by atoms with Crippen LogP contribution in [0.1, 0.15) is 5.69 Å². The molecule has 0 bridgehead atoms. The zero-order valence-electron chi connectivity index (χ0n) is 14.7. The molecule has 0 aliphatic carbocycles.